The minimum Gasteiger partial charge on any atom is -0.439 e. The van der Waals surface area contributed by atoms with Crippen LogP contribution < -0.4 is 4.90 Å². The summed E-state index contributed by atoms with van der Waals surface area (Å²) in [5.74, 6) is -0.203. The Morgan fingerprint density at radius 3 is 2.39 bits per heavy atom. The number of hydrogen-bond acceptors (Lipinski definition) is 4. The Morgan fingerprint density at radius 1 is 1.00 bits per heavy atom. The second-order valence-electron chi connectivity index (χ2n) is 9.65. The maximum atomic E-state index is 13.8. The Hall–Kier alpha value is -2.93. The maximum Gasteiger partial charge on any atom is 0.415 e. The number of carbonyl (C=O) groups is 2. The lowest BCUT2D eigenvalue weighted by atomic mass is 9.74. The highest BCUT2D eigenvalue weighted by Crippen LogP contribution is 2.41. The zero-order chi connectivity index (χ0) is 23.1. The van der Waals surface area contributed by atoms with E-state index in [4.69, 9.17) is 9.47 Å². The standard InChI is InChI=1S/C26H29FN2O4/c1-19-2-8-22(9-3-19)29-18-26(33-24(29)31)10-13-28(17-26)23(30)25(11-14-32-15-12-25)16-20-4-6-21(27)7-5-20/h2-9H,10-18H2,1H3/t26-/m1/s1. The molecular weight excluding hydrogens is 423 g/mol. The maximum absolute atomic E-state index is 13.8. The van der Waals surface area contributed by atoms with Gasteiger partial charge in [-0.05, 0) is 56.0 Å². The molecular formula is C26H29FN2O4. The van der Waals surface area contributed by atoms with E-state index in [1.165, 1.54) is 12.1 Å². The first-order valence-electron chi connectivity index (χ1n) is 11.6. The van der Waals surface area contributed by atoms with Crippen molar-refractivity contribution in [2.75, 3.05) is 37.7 Å². The summed E-state index contributed by atoms with van der Waals surface area (Å²) in [6.45, 7) is 4.45. The highest BCUT2D eigenvalue weighted by Gasteiger charge is 2.53. The summed E-state index contributed by atoms with van der Waals surface area (Å²) in [5, 5.41) is 0. The van der Waals surface area contributed by atoms with Gasteiger partial charge in [0.15, 0.2) is 5.60 Å². The Bertz CT molecular complexity index is 1030. The van der Waals surface area contributed by atoms with Gasteiger partial charge in [0.2, 0.25) is 5.91 Å². The van der Waals surface area contributed by atoms with Gasteiger partial charge in [0.1, 0.15) is 5.82 Å². The molecule has 0 saturated carbocycles. The summed E-state index contributed by atoms with van der Waals surface area (Å²) in [6, 6.07) is 14.2. The molecule has 3 aliphatic heterocycles. The fourth-order valence-corrected chi connectivity index (χ4v) is 5.33. The molecule has 0 bridgehead atoms. The number of amides is 2. The molecule has 174 valence electrons. The number of aryl methyl sites for hydroxylation is 1. The van der Waals surface area contributed by atoms with Crippen LogP contribution in [0.4, 0.5) is 14.9 Å². The molecule has 0 radical (unpaired) electrons. The quantitative estimate of drug-likeness (QED) is 0.701. The van der Waals surface area contributed by atoms with Crippen LogP contribution in [0.15, 0.2) is 48.5 Å². The van der Waals surface area contributed by atoms with E-state index in [0.717, 1.165) is 16.8 Å². The van der Waals surface area contributed by atoms with Crippen molar-refractivity contribution < 1.29 is 23.5 Å². The molecule has 7 heteroatoms. The van der Waals surface area contributed by atoms with E-state index in [0.29, 0.717) is 58.5 Å². The molecule has 3 saturated heterocycles. The van der Waals surface area contributed by atoms with Crippen LogP contribution in [0.3, 0.4) is 0 Å². The summed E-state index contributed by atoms with van der Waals surface area (Å²) in [6.07, 6.45) is 2.06. The molecule has 1 atom stereocenters. The number of likely N-dealkylation sites (tertiary alicyclic amines) is 1. The molecule has 2 aromatic carbocycles. The average Bonchev–Trinajstić information content (AvgIpc) is 3.38. The van der Waals surface area contributed by atoms with Crippen molar-refractivity contribution >= 4 is 17.7 Å². The Balaban J connectivity index is 1.33. The van der Waals surface area contributed by atoms with Gasteiger partial charge in [0, 0.05) is 31.9 Å². The fourth-order valence-electron chi connectivity index (χ4n) is 5.33. The molecule has 5 rings (SSSR count). The van der Waals surface area contributed by atoms with Gasteiger partial charge in [-0.3, -0.25) is 9.69 Å². The van der Waals surface area contributed by atoms with E-state index in [-0.39, 0.29) is 17.8 Å². The number of hydrogen-bond donors (Lipinski definition) is 0. The SMILES string of the molecule is Cc1ccc(N2C[C@]3(CCN(C(=O)C4(Cc5ccc(F)cc5)CCOCC4)C3)OC2=O)cc1. The molecule has 0 aliphatic carbocycles. The van der Waals surface area contributed by atoms with Gasteiger partial charge in [0.05, 0.1) is 18.5 Å². The molecule has 33 heavy (non-hydrogen) atoms. The average molecular weight is 453 g/mol. The first-order chi connectivity index (χ1) is 15.9. The van der Waals surface area contributed by atoms with Crippen LogP contribution in [0.2, 0.25) is 0 Å². The number of halogens is 1. The van der Waals surface area contributed by atoms with Crippen molar-refractivity contribution in [1.29, 1.82) is 0 Å². The van der Waals surface area contributed by atoms with Gasteiger partial charge in [-0.15, -0.1) is 0 Å². The van der Waals surface area contributed by atoms with Crippen LogP contribution >= 0.6 is 0 Å². The van der Waals surface area contributed by atoms with Gasteiger partial charge in [0.25, 0.3) is 0 Å². The van der Waals surface area contributed by atoms with Crippen LogP contribution in [0.25, 0.3) is 0 Å². The molecule has 0 unspecified atom stereocenters. The van der Waals surface area contributed by atoms with Crippen LogP contribution in [0.5, 0.6) is 0 Å². The van der Waals surface area contributed by atoms with Gasteiger partial charge in [-0.1, -0.05) is 29.8 Å². The number of nitrogens with zero attached hydrogens (tertiary/aromatic N) is 2. The third-order valence-electron chi connectivity index (χ3n) is 7.28. The number of benzene rings is 2. The summed E-state index contributed by atoms with van der Waals surface area (Å²) < 4.78 is 24.8. The lowest BCUT2D eigenvalue weighted by Crippen LogP contribution is -2.49. The normalized spacial score (nSPS) is 24.4. The molecule has 6 nitrogen and oxygen atoms in total. The zero-order valence-electron chi connectivity index (χ0n) is 18.9. The van der Waals surface area contributed by atoms with E-state index in [2.05, 4.69) is 0 Å². The molecule has 2 amide bonds. The van der Waals surface area contributed by atoms with Crippen molar-refractivity contribution in [3.05, 3.63) is 65.5 Å². The summed E-state index contributed by atoms with van der Waals surface area (Å²) >= 11 is 0. The van der Waals surface area contributed by atoms with Crippen LogP contribution in [-0.4, -0.2) is 55.3 Å². The first-order valence-corrected chi connectivity index (χ1v) is 11.6. The lowest BCUT2D eigenvalue weighted by molar-refractivity contribution is -0.147. The van der Waals surface area contributed by atoms with Gasteiger partial charge < -0.3 is 14.4 Å². The summed E-state index contributed by atoms with van der Waals surface area (Å²) in [7, 11) is 0. The second-order valence-corrected chi connectivity index (χ2v) is 9.65. The Kier molecular flexibility index (Phi) is 5.60. The molecule has 0 N–H and O–H groups in total. The molecule has 3 aliphatic rings. The fraction of sp³-hybridized carbons (Fsp3) is 0.462. The molecule has 3 heterocycles. The van der Waals surface area contributed by atoms with E-state index in [1.807, 2.05) is 36.1 Å². The van der Waals surface area contributed by atoms with Gasteiger partial charge in [-0.2, -0.15) is 0 Å². The predicted octanol–water partition coefficient (Wildman–Crippen LogP) is 4.10. The second kappa shape index (κ2) is 8.45. The van der Waals surface area contributed by atoms with Crippen LogP contribution in [-0.2, 0) is 20.7 Å². The van der Waals surface area contributed by atoms with Crippen molar-refractivity contribution in [2.45, 2.75) is 38.2 Å². The van der Waals surface area contributed by atoms with Gasteiger partial charge in [-0.25, -0.2) is 9.18 Å². The van der Waals surface area contributed by atoms with Gasteiger partial charge >= 0.3 is 6.09 Å². The first kappa shape index (κ1) is 21.9. The van der Waals surface area contributed by atoms with E-state index in [1.54, 1.807) is 17.0 Å². The van der Waals surface area contributed by atoms with Crippen LogP contribution in [0.1, 0.15) is 30.4 Å². The molecule has 1 spiro atoms. The molecule has 3 fully saturated rings. The monoisotopic (exact) mass is 452 g/mol. The summed E-state index contributed by atoms with van der Waals surface area (Å²) in [4.78, 5) is 30.1. The number of anilines is 1. The lowest BCUT2D eigenvalue weighted by Gasteiger charge is -2.39. The largest absolute Gasteiger partial charge is 0.439 e. The topological polar surface area (TPSA) is 59.1 Å². The highest BCUT2D eigenvalue weighted by molar-refractivity contribution is 5.91. The van der Waals surface area contributed by atoms with Crippen molar-refractivity contribution in [1.82, 2.24) is 4.90 Å². The van der Waals surface area contributed by atoms with E-state index in [9.17, 15) is 14.0 Å². The van der Waals surface area contributed by atoms with Crippen molar-refractivity contribution in [2.24, 2.45) is 5.41 Å². The smallest absolute Gasteiger partial charge is 0.415 e. The minimum absolute atomic E-state index is 0.0804. The molecule has 2 aromatic rings. The Labute approximate surface area is 193 Å². The molecule has 0 aromatic heterocycles. The Morgan fingerprint density at radius 2 is 1.70 bits per heavy atom. The minimum atomic E-state index is -0.681. The summed E-state index contributed by atoms with van der Waals surface area (Å²) in [5.41, 5.74) is 1.62. The predicted molar refractivity (Wildman–Crippen MR) is 122 cm³/mol. The number of carbonyl (C=O) groups excluding carboxylic acids is 2. The highest BCUT2D eigenvalue weighted by atomic mass is 19.1. The van der Waals surface area contributed by atoms with Crippen molar-refractivity contribution in [3.8, 4) is 0 Å². The third-order valence-corrected chi connectivity index (χ3v) is 7.28. The number of rotatable bonds is 4. The van der Waals surface area contributed by atoms with Crippen LogP contribution in [0, 0.1) is 18.2 Å². The van der Waals surface area contributed by atoms with E-state index < -0.39 is 11.0 Å². The van der Waals surface area contributed by atoms with Crippen molar-refractivity contribution in [3.63, 3.8) is 0 Å². The number of ether oxygens (including phenoxy) is 2. The van der Waals surface area contributed by atoms with E-state index >= 15 is 0 Å². The third kappa shape index (κ3) is 4.22. The zero-order valence-corrected chi connectivity index (χ0v) is 18.9.